The molecule has 4 bridgehead atoms. The van der Waals surface area contributed by atoms with E-state index in [0.717, 1.165) is 11.8 Å². The third-order valence-electron chi connectivity index (χ3n) is 5.72. The summed E-state index contributed by atoms with van der Waals surface area (Å²) in [4.78, 5) is 12.3. The van der Waals surface area contributed by atoms with E-state index in [-0.39, 0.29) is 6.03 Å². The van der Waals surface area contributed by atoms with Crippen molar-refractivity contribution in [1.29, 1.82) is 0 Å². The summed E-state index contributed by atoms with van der Waals surface area (Å²) < 4.78 is 0. The molecule has 3 nitrogen and oxygen atoms in total. The van der Waals surface area contributed by atoms with E-state index in [1.165, 1.54) is 32.1 Å². The Morgan fingerprint density at radius 2 is 1.64 bits per heavy atom. The standard InChI is InChI=1S/C17H20Cl2N2O/c18-13-2-1-3-14(15(13)19)20-17(22)21-16-11-5-9-4-10(7-11)8-12(16)6-9/h1-3,9-12,16H,4-8H2,(H2,20,21,22). The molecule has 0 atom stereocenters. The summed E-state index contributed by atoms with van der Waals surface area (Å²) in [7, 11) is 0. The Labute approximate surface area is 140 Å². The number of carbonyl (C=O) groups excluding carboxylic acids is 1. The lowest BCUT2D eigenvalue weighted by molar-refractivity contribution is -0.00883. The fourth-order valence-electron chi connectivity index (χ4n) is 5.07. The van der Waals surface area contributed by atoms with Crippen molar-refractivity contribution >= 4 is 34.9 Å². The second-order valence-corrected chi connectivity index (χ2v) is 7.94. The lowest BCUT2D eigenvalue weighted by Gasteiger charge is -2.54. The summed E-state index contributed by atoms with van der Waals surface area (Å²) in [5, 5.41) is 6.89. The summed E-state index contributed by atoms with van der Waals surface area (Å²) >= 11 is 12.1. The molecule has 0 saturated heterocycles. The first kappa shape index (κ1) is 14.6. The molecule has 4 saturated carbocycles. The Kier molecular flexibility index (Phi) is 3.74. The van der Waals surface area contributed by atoms with Crippen LogP contribution in [0.4, 0.5) is 10.5 Å². The van der Waals surface area contributed by atoms with E-state index in [2.05, 4.69) is 10.6 Å². The molecule has 2 N–H and O–H groups in total. The first-order chi connectivity index (χ1) is 10.6. The normalized spacial score (nSPS) is 35.5. The van der Waals surface area contributed by atoms with E-state index < -0.39 is 0 Å². The van der Waals surface area contributed by atoms with Gasteiger partial charge in [0.25, 0.3) is 0 Å². The van der Waals surface area contributed by atoms with Crippen LogP contribution in [0.3, 0.4) is 0 Å². The minimum Gasteiger partial charge on any atom is -0.335 e. The maximum absolute atomic E-state index is 12.3. The molecule has 0 aliphatic heterocycles. The fraction of sp³-hybridized carbons (Fsp3) is 0.588. The maximum atomic E-state index is 12.3. The zero-order valence-corrected chi connectivity index (χ0v) is 13.8. The summed E-state index contributed by atoms with van der Waals surface area (Å²) in [5.41, 5.74) is 0.565. The topological polar surface area (TPSA) is 41.1 Å². The first-order valence-electron chi connectivity index (χ1n) is 8.11. The van der Waals surface area contributed by atoms with E-state index in [4.69, 9.17) is 23.2 Å². The average Bonchev–Trinajstić information content (AvgIpc) is 2.47. The van der Waals surface area contributed by atoms with Gasteiger partial charge < -0.3 is 10.6 Å². The molecule has 0 heterocycles. The van der Waals surface area contributed by atoms with Gasteiger partial charge in [0.05, 0.1) is 15.7 Å². The van der Waals surface area contributed by atoms with Gasteiger partial charge in [-0.3, -0.25) is 0 Å². The monoisotopic (exact) mass is 338 g/mol. The van der Waals surface area contributed by atoms with Crippen molar-refractivity contribution in [1.82, 2.24) is 5.32 Å². The number of nitrogens with one attached hydrogen (secondary N) is 2. The summed E-state index contributed by atoms with van der Waals surface area (Å²) in [6, 6.07) is 5.43. The molecule has 4 fully saturated rings. The highest BCUT2D eigenvalue weighted by molar-refractivity contribution is 6.43. The van der Waals surface area contributed by atoms with Gasteiger partial charge in [-0.15, -0.1) is 0 Å². The van der Waals surface area contributed by atoms with Gasteiger partial charge >= 0.3 is 6.03 Å². The van der Waals surface area contributed by atoms with Crippen LogP contribution in [-0.4, -0.2) is 12.1 Å². The average molecular weight is 339 g/mol. The summed E-state index contributed by atoms with van der Waals surface area (Å²) in [5.74, 6) is 3.14. The lowest BCUT2D eigenvalue weighted by Crippen LogP contribution is -2.56. The van der Waals surface area contributed by atoms with Gasteiger partial charge in [-0.1, -0.05) is 29.3 Å². The number of urea groups is 1. The Bertz CT molecular complexity index is 576. The van der Waals surface area contributed by atoms with E-state index in [1.54, 1.807) is 18.2 Å². The van der Waals surface area contributed by atoms with Gasteiger partial charge in [-0.25, -0.2) is 4.79 Å². The third-order valence-corrected chi connectivity index (χ3v) is 6.54. The Balaban J connectivity index is 1.43. The molecule has 1 aromatic rings. The Morgan fingerprint density at radius 3 is 2.27 bits per heavy atom. The lowest BCUT2D eigenvalue weighted by atomic mass is 9.54. The van der Waals surface area contributed by atoms with Gasteiger partial charge in [0.1, 0.15) is 0 Å². The second-order valence-electron chi connectivity index (χ2n) is 7.16. The fourth-order valence-corrected chi connectivity index (χ4v) is 5.42. The molecule has 118 valence electrons. The quantitative estimate of drug-likeness (QED) is 0.787. The largest absolute Gasteiger partial charge is 0.335 e. The highest BCUT2D eigenvalue weighted by Crippen LogP contribution is 2.53. The highest BCUT2D eigenvalue weighted by atomic mass is 35.5. The molecule has 2 amide bonds. The summed E-state index contributed by atoms with van der Waals surface area (Å²) in [6.07, 6.45) is 6.57. The minimum atomic E-state index is -0.165. The van der Waals surface area contributed by atoms with E-state index in [1.807, 2.05) is 0 Å². The van der Waals surface area contributed by atoms with Crippen LogP contribution in [-0.2, 0) is 0 Å². The highest BCUT2D eigenvalue weighted by Gasteiger charge is 2.48. The Hall–Kier alpha value is -0.930. The maximum Gasteiger partial charge on any atom is 0.319 e. The van der Waals surface area contributed by atoms with E-state index in [0.29, 0.717) is 33.6 Å². The van der Waals surface area contributed by atoms with Crippen LogP contribution >= 0.6 is 23.2 Å². The molecule has 0 spiro atoms. The van der Waals surface area contributed by atoms with Crippen LogP contribution in [0, 0.1) is 23.7 Å². The number of hydrogen-bond donors (Lipinski definition) is 2. The van der Waals surface area contributed by atoms with Crippen molar-refractivity contribution < 1.29 is 4.79 Å². The van der Waals surface area contributed by atoms with Crippen LogP contribution in [0.5, 0.6) is 0 Å². The molecule has 5 heteroatoms. The molecular formula is C17H20Cl2N2O. The SMILES string of the molecule is O=C(Nc1cccc(Cl)c1Cl)NC1C2CC3CC(C2)CC1C3. The van der Waals surface area contributed by atoms with Crippen molar-refractivity contribution in [3.8, 4) is 0 Å². The van der Waals surface area contributed by atoms with Crippen LogP contribution in [0.1, 0.15) is 32.1 Å². The van der Waals surface area contributed by atoms with Crippen LogP contribution in [0.15, 0.2) is 18.2 Å². The van der Waals surface area contributed by atoms with Crippen molar-refractivity contribution in [3.63, 3.8) is 0 Å². The number of benzene rings is 1. The number of halogens is 2. The number of hydrogen-bond acceptors (Lipinski definition) is 1. The molecule has 4 aliphatic carbocycles. The van der Waals surface area contributed by atoms with Gasteiger partial charge in [0.2, 0.25) is 0 Å². The van der Waals surface area contributed by atoms with Gasteiger partial charge in [0, 0.05) is 6.04 Å². The molecule has 5 rings (SSSR count). The molecule has 0 radical (unpaired) electrons. The van der Waals surface area contributed by atoms with E-state index >= 15 is 0 Å². The third kappa shape index (κ3) is 2.59. The van der Waals surface area contributed by atoms with Crippen LogP contribution in [0.25, 0.3) is 0 Å². The minimum absolute atomic E-state index is 0.165. The van der Waals surface area contributed by atoms with Crippen LogP contribution in [0.2, 0.25) is 10.0 Å². The number of amides is 2. The van der Waals surface area contributed by atoms with Crippen LogP contribution < -0.4 is 10.6 Å². The zero-order valence-electron chi connectivity index (χ0n) is 12.3. The number of anilines is 1. The summed E-state index contributed by atoms with van der Waals surface area (Å²) in [6.45, 7) is 0. The molecular weight excluding hydrogens is 319 g/mol. The second kappa shape index (κ2) is 5.61. The van der Waals surface area contributed by atoms with Gasteiger partial charge in [0.15, 0.2) is 0 Å². The van der Waals surface area contributed by atoms with Crippen molar-refractivity contribution in [2.75, 3.05) is 5.32 Å². The number of rotatable bonds is 2. The zero-order chi connectivity index (χ0) is 15.3. The van der Waals surface area contributed by atoms with Gasteiger partial charge in [-0.05, 0) is 67.9 Å². The molecule has 4 aliphatic rings. The molecule has 1 aromatic carbocycles. The van der Waals surface area contributed by atoms with Gasteiger partial charge in [-0.2, -0.15) is 0 Å². The van der Waals surface area contributed by atoms with Crippen molar-refractivity contribution in [2.45, 2.75) is 38.1 Å². The molecule has 0 aromatic heterocycles. The van der Waals surface area contributed by atoms with Crippen molar-refractivity contribution in [2.24, 2.45) is 23.7 Å². The number of carbonyl (C=O) groups is 1. The van der Waals surface area contributed by atoms with Crippen molar-refractivity contribution in [3.05, 3.63) is 28.2 Å². The first-order valence-corrected chi connectivity index (χ1v) is 8.87. The predicted octanol–water partition coefficient (Wildman–Crippen LogP) is 4.94. The smallest absolute Gasteiger partial charge is 0.319 e. The van der Waals surface area contributed by atoms with E-state index in [9.17, 15) is 4.79 Å². The predicted molar refractivity (Wildman–Crippen MR) is 89.4 cm³/mol. The molecule has 0 unspecified atom stereocenters. The Morgan fingerprint density at radius 1 is 1.00 bits per heavy atom. The molecule has 22 heavy (non-hydrogen) atoms.